The first-order chi connectivity index (χ1) is 19.1. The van der Waals surface area contributed by atoms with Crippen LogP contribution in [-0.2, 0) is 16.1 Å². The zero-order valence-corrected chi connectivity index (χ0v) is 22.4. The Hall–Kier alpha value is -4.17. The van der Waals surface area contributed by atoms with E-state index in [-0.39, 0.29) is 5.91 Å². The summed E-state index contributed by atoms with van der Waals surface area (Å²) in [6.07, 6.45) is 3.53. The summed E-state index contributed by atoms with van der Waals surface area (Å²) in [4.78, 5) is 20.3. The number of amides is 1. The van der Waals surface area contributed by atoms with Crippen LogP contribution in [-0.4, -0.2) is 56.0 Å². The summed E-state index contributed by atoms with van der Waals surface area (Å²) in [6, 6.07) is 23.2. The van der Waals surface area contributed by atoms with Gasteiger partial charge in [0.1, 0.15) is 5.84 Å². The van der Waals surface area contributed by atoms with Crippen molar-refractivity contribution in [1.82, 2.24) is 25.5 Å². The number of aromatic nitrogens is 4. The van der Waals surface area contributed by atoms with Crippen LogP contribution in [0.1, 0.15) is 43.7 Å². The molecule has 0 aliphatic carbocycles. The van der Waals surface area contributed by atoms with Gasteiger partial charge in [-0.15, -0.1) is 10.2 Å². The van der Waals surface area contributed by atoms with Crippen LogP contribution in [0.4, 0.5) is 0 Å². The zero-order valence-electron chi connectivity index (χ0n) is 22.4. The lowest BCUT2D eigenvalue weighted by Crippen LogP contribution is -2.42. The van der Waals surface area contributed by atoms with E-state index in [1.807, 2.05) is 11.0 Å². The van der Waals surface area contributed by atoms with Crippen LogP contribution in [0.3, 0.4) is 0 Å². The van der Waals surface area contributed by atoms with Gasteiger partial charge in [-0.2, -0.15) is 5.21 Å². The van der Waals surface area contributed by atoms with Crippen molar-refractivity contribution in [1.29, 1.82) is 0 Å². The molecule has 1 aromatic heterocycles. The van der Waals surface area contributed by atoms with E-state index in [4.69, 9.17) is 9.73 Å². The van der Waals surface area contributed by atoms with Crippen LogP contribution in [0.2, 0.25) is 0 Å². The Kier molecular flexibility index (Phi) is 6.79. The largest absolute Gasteiger partial charge is 0.378 e. The molecule has 1 unspecified atom stereocenters. The van der Waals surface area contributed by atoms with E-state index < -0.39 is 5.54 Å². The summed E-state index contributed by atoms with van der Waals surface area (Å²) in [6.45, 7) is 5.73. The number of tetrazole rings is 1. The smallest absolute Gasteiger partial charge is 0.258 e. The third-order valence-corrected chi connectivity index (χ3v) is 7.62. The molecule has 198 valence electrons. The van der Waals surface area contributed by atoms with Gasteiger partial charge in [-0.3, -0.25) is 14.7 Å². The van der Waals surface area contributed by atoms with Gasteiger partial charge < -0.3 is 4.74 Å². The summed E-state index contributed by atoms with van der Waals surface area (Å²) in [5.41, 5.74) is 6.79. The van der Waals surface area contributed by atoms with Gasteiger partial charge in [0.2, 0.25) is 5.82 Å². The number of aliphatic imine (C=N–C) groups is 1. The highest BCUT2D eigenvalue weighted by atomic mass is 16.5. The molecule has 2 aliphatic heterocycles. The highest BCUT2D eigenvalue weighted by molar-refractivity contribution is 6.08. The summed E-state index contributed by atoms with van der Waals surface area (Å²) < 4.78 is 5.59. The van der Waals surface area contributed by atoms with Gasteiger partial charge >= 0.3 is 0 Å². The van der Waals surface area contributed by atoms with Crippen molar-refractivity contribution in [3.8, 4) is 33.6 Å². The molecule has 1 spiro atoms. The van der Waals surface area contributed by atoms with E-state index in [2.05, 4.69) is 95.1 Å². The van der Waals surface area contributed by atoms with Crippen molar-refractivity contribution < 1.29 is 9.53 Å². The number of aryl methyl sites for hydroxylation is 1. The number of carbonyl (C=O) groups is 1. The second kappa shape index (κ2) is 10.5. The molecule has 1 atom stereocenters. The number of ether oxygens (including phenoxy) is 1. The molecule has 0 radical (unpaired) electrons. The summed E-state index contributed by atoms with van der Waals surface area (Å²) in [5, 5.41) is 14.8. The van der Waals surface area contributed by atoms with Gasteiger partial charge in [-0.1, -0.05) is 73.5 Å². The molecule has 8 nitrogen and oxygen atoms in total. The van der Waals surface area contributed by atoms with Crippen LogP contribution in [0.15, 0.2) is 71.7 Å². The second-order valence-electron chi connectivity index (χ2n) is 10.4. The fraction of sp³-hybridized carbons (Fsp3) is 0.323. The third-order valence-electron chi connectivity index (χ3n) is 7.62. The van der Waals surface area contributed by atoms with E-state index in [9.17, 15) is 4.79 Å². The number of hydrogen-bond donors (Lipinski definition) is 1. The topological polar surface area (TPSA) is 96.4 Å². The monoisotopic (exact) mass is 520 g/mol. The zero-order chi connectivity index (χ0) is 26.8. The number of unbranched alkanes of at least 4 members (excludes halogenated alkanes) is 1. The van der Waals surface area contributed by atoms with E-state index in [1.165, 1.54) is 5.56 Å². The van der Waals surface area contributed by atoms with Crippen LogP contribution in [0.5, 0.6) is 0 Å². The fourth-order valence-electron chi connectivity index (χ4n) is 5.45. The minimum Gasteiger partial charge on any atom is -0.378 e. The van der Waals surface area contributed by atoms with Gasteiger partial charge in [0.25, 0.3) is 5.91 Å². The molecule has 6 rings (SSSR count). The Morgan fingerprint density at radius 2 is 1.82 bits per heavy atom. The third kappa shape index (κ3) is 4.88. The molecular formula is C31H32N6O2. The Labute approximate surface area is 228 Å². The van der Waals surface area contributed by atoms with Crippen LogP contribution in [0.25, 0.3) is 33.6 Å². The molecule has 3 aromatic carbocycles. The predicted molar refractivity (Wildman–Crippen MR) is 151 cm³/mol. The number of nitrogens with one attached hydrogen (secondary N) is 1. The van der Waals surface area contributed by atoms with Crippen molar-refractivity contribution in [2.45, 2.75) is 51.6 Å². The quantitative estimate of drug-likeness (QED) is 0.326. The SMILES string of the molecule is CCCCC1=NC2(CCOC2)C(=O)N1Cc1ccc(-c2cc(-c3cccc(C)c3)ccc2-c2nn[nH]n2)cc1. The Morgan fingerprint density at radius 1 is 1.00 bits per heavy atom. The van der Waals surface area contributed by atoms with Crippen LogP contribution < -0.4 is 0 Å². The molecule has 1 amide bonds. The molecular weight excluding hydrogens is 488 g/mol. The van der Waals surface area contributed by atoms with E-state index in [0.717, 1.165) is 58.5 Å². The summed E-state index contributed by atoms with van der Waals surface area (Å²) in [7, 11) is 0. The predicted octanol–water partition coefficient (Wildman–Crippen LogP) is 5.60. The number of amidine groups is 1. The first-order valence-corrected chi connectivity index (χ1v) is 13.6. The highest BCUT2D eigenvalue weighted by Gasteiger charge is 2.50. The first kappa shape index (κ1) is 25.1. The molecule has 39 heavy (non-hydrogen) atoms. The molecule has 0 saturated carbocycles. The fourth-order valence-corrected chi connectivity index (χ4v) is 5.45. The molecule has 1 saturated heterocycles. The lowest BCUT2D eigenvalue weighted by atomic mass is 9.93. The van der Waals surface area contributed by atoms with Crippen molar-refractivity contribution in [3.05, 3.63) is 77.9 Å². The van der Waals surface area contributed by atoms with Crippen LogP contribution in [0, 0.1) is 6.92 Å². The number of aromatic amines is 1. The number of hydrogen-bond acceptors (Lipinski definition) is 6. The Balaban J connectivity index is 1.31. The van der Waals surface area contributed by atoms with Crippen molar-refractivity contribution in [2.75, 3.05) is 13.2 Å². The molecule has 2 aliphatic rings. The number of nitrogens with zero attached hydrogens (tertiary/aromatic N) is 5. The number of rotatable bonds is 8. The molecule has 1 N–H and O–H groups in total. The Morgan fingerprint density at radius 3 is 2.54 bits per heavy atom. The minimum atomic E-state index is -0.723. The number of H-pyrrole nitrogens is 1. The average Bonchev–Trinajstić information content (AvgIpc) is 3.72. The maximum Gasteiger partial charge on any atom is 0.258 e. The van der Waals surface area contributed by atoms with E-state index >= 15 is 0 Å². The van der Waals surface area contributed by atoms with E-state index in [0.29, 0.717) is 32.0 Å². The molecule has 3 heterocycles. The summed E-state index contributed by atoms with van der Waals surface area (Å²) >= 11 is 0. The molecule has 4 aromatic rings. The molecule has 0 bridgehead atoms. The lowest BCUT2D eigenvalue weighted by Gasteiger charge is -2.22. The number of benzene rings is 3. The van der Waals surface area contributed by atoms with Gasteiger partial charge in [-0.25, -0.2) is 0 Å². The van der Waals surface area contributed by atoms with Crippen LogP contribution >= 0.6 is 0 Å². The van der Waals surface area contributed by atoms with E-state index in [1.54, 1.807) is 0 Å². The molecule has 1 fully saturated rings. The highest BCUT2D eigenvalue weighted by Crippen LogP contribution is 2.36. The minimum absolute atomic E-state index is 0.0698. The van der Waals surface area contributed by atoms with Gasteiger partial charge in [0.15, 0.2) is 5.54 Å². The first-order valence-electron chi connectivity index (χ1n) is 13.6. The van der Waals surface area contributed by atoms with Crippen molar-refractivity contribution in [2.24, 2.45) is 4.99 Å². The van der Waals surface area contributed by atoms with Crippen molar-refractivity contribution in [3.63, 3.8) is 0 Å². The Bertz CT molecular complexity index is 1500. The average molecular weight is 521 g/mol. The standard InChI is InChI=1S/C31H32N6O2/c1-3-4-8-28-32-31(15-16-39-20-31)30(38)37(28)19-22-9-11-23(12-10-22)27-18-25(24-7-5-6-21(2)17-24)13-14-26(27)29-33-35-36-34-29/h5-7,9-14,17-18H,3-4,8,15-16,19-20H2,1-2H3,(H,33,34,35,36). The number of carbonyl (C=O) groups excluding carboxylic acids is 1. The summed E-state index contributed by atoms with van der Waals surface area (Å²) in [5.74, 6) is 1.51. The maximum atomic E-state index is 13.5. The molecule has 8 heteroatoms. The maximum absolute atomic E-state index is 13.5. The van der Waals surface area contributed by atoms with Crippen molar-refractivity contribution >= 4 is 11.7 Å². The van der Waals surface area contributed by atoms with Gasteiger partial charge in [0.05, 0.1) is 13.2 Å². The second-order valence-corrected chi connectivity index (χ2v) is 10.4. The van der Waals surface area contributed by atoms with Gasteiger partial charge in [0, 0.05) is 25.0 Å². The lowest BCUT2D eigenvalue weighted by molar-refractivity contribution is -0.131. The van der Waals surface area contributed by atoms with Gasteiger partial charge in [-0.05, 0) is 58.5 Å². The normalized spacial score (nSPS) is 18.8.